The lowest BCUT2D eigenvalue weighted by Crippen LogP contribution is -2.49. The molecule has 2 aliphatic rings. The van der Waals surface area contributed by atoms with E-state index < -0.39 is 0 Å². The first-order valence-corrected chi connectivity index (χ1v) is 7.88. The molecule has 1 nitrogen and oxygen atoms in total. The molecule has 0 amide bonds. The molecule has 3 unspecified atom stereocenters. The van der Waals surface area contributed by atoms with Crippen molar-refractivity contribution in [1.29, 1.82) is 0 Å². The Balaban J connectivity index is 2.06. The highest BCUT2D eigenvalue weighted by atomic mass is 16.1. The van der Waals surface area contributed by atoms with Crippen molar-refractivity contribution in [1.82, 2.24) is 0 Å². The van der Waals surface area contributed by atoms with Gasteiger partial charge in [0, 0.05) is 5.41 Å². The van der Waals surface area contributed by atoms with Crippen LogP contribution in [-0.4, -0.2) is 6.29 Å². The van der Waals surface area contributed by atoms with Gasteiger partial charge < -0.3 is 4.79 Å². The third-order valence-electron chi connectivity index (χ3n) is 5.51. The van der Waals surface area contributed by atoms with E-state index >= 15 is 0 Å². The third-order valence-corrected chi connectivity index (χ3v) is 5.51. The van der Waals surface area contributed by atoms with Gasteiger partial charge in [-0.25, -0.2) is 0 Å². The molecule has 0 aliphatic heterocycles. The molecule has 3 atom stereocenters. The molecule has 2 saturated carbocycles. The quantitative estimate of drug-likeness (QED) is 0.709. The zero-order chi connectivity index (χ0) is 14.4. The van der Waals surface area contributed by atoms with Gasteiger partial charge in [-0.05, 0) is 54.4 Å². The van der Waals surface area contributed by atoms with Gasteiger partial charge in [-0.3, -0.25) is 0 Å². The fraction of sp³-hybridized carbons (Fsp3) is 0.632. The van der Waals surface area contributed by atoms with E-state index in [1.165, 1.54) is 31.1 Å². The smallest absolute Gasteiger partial charge is 0.125 e. The van der Waals surface area contributed by atoms with Crippen LogP contribution in [0, 0.1) is 16.7 Å². The number of carbonyl (C=O) groups excluding carboxylic acids is 1. The molecule has 0 N–H and O–H groups in total. The Morgan fingerprint density at radius 3 is 2.35 bits per heavy atom. The van der Waals surface area contributed by atoms with Crippen LogP contribution in [0.1, 0.15) is 58.4 Å². The zero-order valence-corrected chi connectivity index (χ0v) is 13.0. The van der Waals surface area contributed by atoms with Gasteiger partial charge >= 0.3 is 0 Å². The number of benzene rings is 1. The summed E-state index contributed by atoms with van der Waals surface area (Å²) in [7, 11) is 0. The lowest BCUT2D eigenvalue weighted by molar-refractivity contribution is -0.122. The van der Waals surface area contributed by atoms with Gasteiger partial charge in [-0.2, -0.15) is 0 Å². The Morgan fingerprint density at radius 1 is 1.00 bits per heavy atom. The second-order valence-corrected chi connectivity index (χ2v) is 8.41. The summed E-state index contributed by atoms with van der Waals surface area (Å²) in [6.45, 7) is 6.98. The second kappa shape index (κ2) is 4.44. The van der Waals surface area contributed by atoms with Gasteiger partial charge in [0.2, 0.25) is 0 Å². The molecule has 0 heterocycles. The molecule has 2 fully saturated rings. The first-order valence-electron chi connectivity index (χ1n) is 7.88. The van der Waals surface area contributed by atoms with Gasteiger partial charge in [0.25, 0.3) is 0 Å². The summed E-state index contributed by atoms with van der Waals surface area (Å²) in [6.07, 6.45) is 7.08. The molecule has 2 bridgehead atoms. The Bertz CT molecular complexity index is 504. The summed E-state index contributed by atoms with van der Waals surface area (Å²) in [5.41, 5.74) is 1.92. The van der Waals surface area contributed by atoms with E-state index in [2.05, 4.69) is 51.1 Å². The maximum Gasteiger partial charge on any atom is 0.125 e. The minimum atomic E-state index is -0.130. The van der Waals surface area contributed by atoms with Gasteiger partial charge in [-0.15, -0.1) is 0 Å². The Hall–Kier alpha value is -1.11. The minimum absolute atomic E-state index is 0.130. The van der Waals surface area contributed by atoms with Crippen molar-refractivity contribution in [3.05, 3.63) is 35.9 Å². The molecule has 0 spiro atoms. The van der Waals surface area contributed by atoms with Crippen LogP contribution in [0.3, 0.4) is 0 Å². The number of hydrogen-bond acceptors (Lipinski definition) is 1. The molecular formula is C19H26O. The van der Waals surface area contributed by atoms with Crippen LogP contribution in [0.25, 0.3) is 0 Å². The maximum atomic E-state index is 11.6. The topological polar surface area (TPSA) is 17.1 Å². The van der Waals surface area contributed by atoms with E-state index in [4.69, 9.17) is 0 Å². The summed E-state index contributed by atoms with van der Waals surface area (Å²) >= 11 is 0. The van der Waals surface area contributed by atoms with E-state index in [9.17, 15) is 4.79 Å². The molecule has 2 aliphatic carbocycles. The highest BCUT2D eigenvalue weighted by molar-refractivity contribution is 5.60. The van der Waals surface area contributed by atoms with Gasteiger partial charge in [0.05, 0.1) is 0 Å². The van der Waals surface area contributed by atoms with Crippen LogP contribution in [0.5, 0.6) is 0 Å². The van der Waals surface area contributed by atoms with Crippen LogP contribution < -0.4 is 0 Å². The summed E-state index contributed by atoms with van der Waals surface area (Å²) in [5.74, 6) is 0.697. The molecule has 20 heavy (non-hydrogen) atoms. The average molecular weight is 270 g/mol. The molecule has 1 aromatic rings. The van der Waals surface area contributed by atoms with Crippen molar-refractivity contribution >= 4 is 6.29 Å². The zero-order valence-electron chi connectivity index (χ0n) is 13.0. The Kier molecular flexibility index (Phi) is 3.08. The van der Waals surface area contributed by atoms with E-state index in [0.717, 1.165) is 12.8 Å². The second-order valence-electron chi connectivity index (χ2n) is 8.41. The molecule has 0 radical (unpaired) electrons. The van der Waals surface area contributed by atoms with Gasteiger partial charge in [0.1, 0.15) is 6.29 Å². The van der Waals surface area contributed by atoms with E-state index in [1.54, 1.807) is 0 Å². The maximum absolute atomic E-state index is 11.6. The molecule has 1 heteroatoms. The largest absolute Gasteiger partial charge is 0.303 e. The number of rotatable bonds is 2. The lowest BCUT2D eigenvalue weighted by atomic mass is 9.48. The fourth-order valence-corrected chi connectivity index (χ4v) is 5.45. The third kappa shape index (κ3) is 2.32. The standard InChI is InChI=1S/C19H26O/c1-17(2)9-15-10-18(3,14-20)13-19(11-15,12-17)16-7-5-4-6-8-16/h4-8,14-15H,9-13H2,1-3H3. The highest BCUT2D eigenvalue weighted by Crippen LogP contribution is 2.60. The van der Waals surface area contributed by atoms with E-state index in [-0.39, 0.29) is 10.8 Å². The molecule has 1 aromatic carbocycles. The molecule has 3 rings (SSSR count). The van der Waals surface area contributed by atoms with Crippen LogP contribution in [-0.2, 0) is 10.2 Å². The van der Waals surface area contributed by atoms with E-state index in [1.807, 2.05) is 0 Å². The molecular weight excluding hydrogens is 244 g/mol. The van der Waals surface area contributed by atoms with Crippen molar-refractivity contribution < 1.29 is 4.79 Å². The number of fused-ring (bicyclic) bond motifs is 2. The van der Waals surface area contributed by atoms with Crippen molar-refractivity contribution in [3.8, 4) is 0 Å². The SMILES string of the molecule is CC1(C)CC2CC(C)(C=O)CC(c3ccccc3)(C2)C1. The highest BCUT2D eigenvalue weighted by Gasteiger charge is 2.53. The molecule has 108 valence electrons. The number of aldehydes is 1. The molecule has 0 aromatic heterocycles. The predicted molar refractivity (Wildman–Crippen MR) is 82.6 cm³/mol. The lowest BCUT2D eigenvalue weighted by Gasteiger charge is -2.56. The summed E-state index contributed by atoms with van der Waals surface area (Å²) in [6, 6.07) is 10.9. The van der Waals surface area contributed by atoms with Crippen molar-refractivity contribution in [2.24, 2.45) is 16.7 Å². The summed E-state index contributed by atoms with van der Waals surface area (Å²) < 4.78 is 0. The van der Waals surface area contributed by atoms with Crippen molar-refractivity contribution in [2.45, 2.75) is 58.3 Å². The van der Waals surface area contributed by atoms with Crippen LogP contribution >= 0.6 is 0 Å². The van der Waals surface area contributed by atoms with Crippen LogP contribution in [0.15, 0.2) is 30.3 Å². The number of carbonyl (C=O) groups is 1. The monoisotopic (exact) mass is 270 g/mol. The summed E-state index contributed by atoms with van der Waals surface area (Å²) in [5, 5.41) is 0. The predicted octanol–water partition coefficient (Wildman–Crippen LogP) is 4.75. The minimum Gasteiger partial charge on any atom is -0.303 e. The first-order chi connectivity index (χ1) is 9.37. The Labute approximate surface area is 122 Å². The molecule has 0 saturated heterocycles. The van der Waals surface area contributed by atoms with Gasteiger partial charge in [-0.1, -0.05) is 51.1 Å². The van der Waals surface area contributed by atoms with Crippen LogP contribution in [0.2, 0.25) is 0 Å². The normalized spacial score (nSPS) is 39.2. The number of hydrogen-bond donors (Lipinski definition) is 0. The average Bonchev–Trinajstić information content (AvgIpc) is 2.37. The van der Waals surface area contributed by atoms with E-state index in [0.29, 0.717) is 11.3 Å². The summed E-state index contributed by atoms with van der Waals surface area (Å²) in [4.78, 5) is 11.6. The van der Waals surface area contributed by atoms with Crippen molar-refractivity contribution in [2.75, 3.05) is 0 Å². The first kappa shape index (κ1) is 13.9. The fourth-order valence-electron chi connectivity index (χ4n) is 5.45. The van der Waals surface area contributed by atoms with Crippen molar-refractivity contribution in [3.63, 3.8) is 0 Å². The van der Waals surface area contributed by atoms with Gasteiger partial charge in [0.15, 0.2) is 0 Å². The Morgan fingerprint density at radius 2 is 1.70 bits per heavy atom. The van der Waals surface area contributed by atoms with Crippen LogP contribution in [0.4, 0.5) is 0 Å².